The number of nitrogens with zero attached hydrogens (tertiary/aromatic N) is 5. The van der Waals surface area contributed by atoms with E-state index >= 15 is 0 Å². The summed E-state index contributed by atoms with van der Waals surface area (Å²) in [7, 11) is 6.71. The lowest BCUT2D eigenvalue weighted by Crippen LogP contribution is -2.31. The molecule has 0 saturated carbocycles. The number of rotatable bonds is 5. The average Bonchev–Trinajstić information content (AvgIpc) is 2.40. The highest BCUT2D eigenvalue weighted by Crippen LogP contribution is 2.11. The summed E-state index contributed by atoms with van der Waals surface area (Å²) in [6.07, 6.45) is 3.06. The molecule has 0 saturated heterocycles. The molecule has 1 heterocycles. The third kappa shape index (κ3) is 5.03. The highest BCUT2D eigenvalue weighted by molar-refractivity contribution is 6.29. The molecule has 0 amide bonds. The van der Waals surface area contributed by atoms with E-state index in [-0.39, 0.29) is 5.70 Å². The molecule has 0 aromatic carbocycles. The zero-order chi connectivity index (χ0) is 16.0. The highest BCUT2D eigenvalue weighted by Gasteiger charge is 2.23. The first kappa shape index (κ1) is 16.9. The molecule has 7 nitrogen and oxygen atoms in total. The van der Waals surface area contributed by atoms with Crippen molar-refractivity contribution in [2.45, 2.75) is 6.54 Å². The molecule has 0 spiro atoms. The largest absolute Gasteiger partial charge is 0.378 e. The normalized spacial score (nSPS) is 12.2. The van der Waals surface area contributed by atoms with Crippen molar-refractivity contribution in [3.63, 3.8) is 0 Å². The summed E-state index contributed by atoms with van der Waals surface area (Å²) in [5.74, 6) is 0.295. The number of aromatic nitrogens is 1. The van der Waals surface area contributed by atoms with Crippen LogP contribution in [0.15, 0.2) is 35.2 Å². The molecule has 8 heteroatoms. The monoisotopic (exact) mass is 311 g/mol. The molecule has 21 heavy (non-hydrogen) atoms. The van der Waals surface area contributed by atoms with E-state index in [1.165, 1.54) is 13.2 Å². The summed E-state index contributed by atoms with van der Waals surface area (Å²) in [5, 5.41) is 11.6. The molecule has 0 aliphatic heterocycles. The fourth-order valence-electron chi connectivity index (χ4n) is 1.76. The quantitative estimate of drug-likeness (QED) is 0.273. The van der Waals surface area contributed by atoms with Crippen LogP contribution in [0.1, 0.15) is 5.56 Å². The van der Waals surface area contributed by atoms with E-state index in [9.17, 15) is 10.1 Å². The first-order valence-corrected chi connectivity index (χ1v) is 6.54. The predicted molar refractivity (Wildman–Crippen MR) is 82.8 cm³/mol. The second kappa shape index (κ2) is 7.58. The molecule has 1 aromatic rings. The number of hydrogen-bond acceptors (Lipinski definition) is 5. The van der Waals surface area contributed by atoms with Crippen molar-refractivity contribution in [1.82, 2.24) is 14.8 Å². The van der Waals surface area contributed by atoms with E-state index in [4.69, 9.17) is 11.6 Å². The van der Waals surface area contributed by atoms with Crippen molar-refractivity contribution in [3.8, 4) is 0 Å². The summed E-state index contributed by atoms with van der Waals surface area (Å²) in [5.41, 5.74) is 0.822. The number of likely N-dealkylation sites (N-methyl/N-ethyl adjacent to an activating group) is 1. The van der Waals surface area contributed by atoms with E-state index in [0.717, 1.165) is 5.56 Å². The third-order valence-electron chi connectivity index (χ3n) is 2.59. The lowest BCUT2D eigenvalue weighted by Gasteiger charge is -2.19. The second-order valence-electron chi connectivity index (χ2n) is 4.63. The van der Waals surface area contributed by atoms with Gasteiger partial charge in [-0.05, 0) is 11.6 Å². The predicted octanol–water partition coefficient (Wildman–Crippen LogP) is 1.87. The number of aliphatic imine (C=N–C) groups is 1. The fraction of sp³-hybridized carbons (Fsp3) is 0.385. The topological polar surface area (TPSA) is 74.9 Å². The molecule has 0 atom stereocenters. The van der Waals surface area contributed by atoms with Gasteiger partial charge < -0.3 is 9.80 Å². The molecule has 0 aliphatic carbocycles. The Bertz CT molecular complexity index is 554. The van der Waals surface area contributed by atoms with E-state index in [1.807, 2.05) is 6.07 Å². The molecular formula is C13H18ClN5O2. The molecule has 0 N–H and O–H groups in total. The number of hydrogen-bond donors (Lipinski definition) is 0. The van der Waals surface area contributed by atoms with E-state index in [0.29, 0.717) is 17.5 Å². The van der Waals surface area contributed by atoms with Gasteiger partial charge in [0.1, 0.15) is 5.15 Å². The van der Waals surface area contributed by atoms with Crippen LogP contribution >= 0.6 is 11.6 Å². The summed E-state index contributed by atoms with van der Waals surface area (Å²) < 4.78 is 0. The number of pyridine rings is 1. The lowest BCUT2D eigenvalue weighted by molar-refractivity contribution is -0.416. The molecule has 0 aliphatic rings. The van der Waals surface area contributed by atoms with Gasteiger partial charge in [0.05, 0.1) is 11.1 Å². The van der Waals surface area contributed by atoms with Gasteiger partial charge in [-0.25, -0.2) is 4.98 Å². The minimum Gasteiger partial charge on any atom is -0.378 e. The van der Waals surface area contributed by atoms with Gasteiger partial charge in [0.15, 0.2) is 0 Å². The average molecular weight is 312 g/mol. The van der Waals surface area contributed by atoms with Crippen molar-refractivity contribution in [2.75, 3.05) is 28.2 Å². The SMILES string of the molecule is C/N=C(/C(=C/N(C)C)[N+](=O)[O-])N(C)Cc1ccc(Cl)nc1. The van der Waals surface area contributed by atoms with Crippen LogP contribution in [0.3, 0.4) is 0 Å². The van der Waals surface area contributed by atoms with Gasteiger partial charge in [-0.15, -0.1) is 0 Å². The highest BCUT2D eigenvalue weighted by atomic mass is 35.5. The Labute approximate surface area is 128 Å². The molecule has 0 bridgehead atoms. The van der Waals surface area contributed by atoms with Crippen LogP contribution in [0.4, 0.5) is 0 Å². The summed E-state index contributed by atoms with van der Waals surface area (Å²) in [6.45, 7) is 0.440. The fourth-order valence-corrected chi connectivity index (χ4v) is 1.87. The smallest absolute Gasteiger partial charge is 0.326 e. The molecule has 0 unspecified atom stereocenters. The maximum atomic E-state index is 11.2. The molecule has 1 rings (SSSR count). The Kier molecular flexibility index (Phi) is 6.10. The van der Waals surface area contributed by atoms with Gasteiger partial charge in [0, 0.05) is 40.9 Å². The number of nitro groups is 1. The first-order valence-electron chi connectivity index (χ1n) is 6.16. The van der Waals surface area contributed by atoms with Crippen LogP contribution in [-0.2, 0) is 6.54 Å². The van der Waals surface area contributed by atoms with Crippen LogP contribution in [0, 0.1) is 10.1 Å². The molecule has 0 fully saturated rings. The minimum atomic E-state index is -0.445. The van der Waals surface area contributed by atoms with Crippen LogP contribution in [0.2, 0.25) is 5.15 Å². The zero-order valence-electron chi connectivity index (χ0n) is 12.4. The van der Waals surface area contributed by atoms with Crippen molar-refractivity contribution in [3.05, 3.63) is 51.1 Å². The zero-order valence-corrected chi connectivity index (χ0v) is 13.2. The van der Waals surface area contributed by atoms with E-state index < -0.39 is 4.92 Å². The molecule has 114 valence electrons. The van der Waals surface area contributed by atoms with Crippen molar-refractivity contribution >= 4 is 17.4 Å². The molecular weight excluding hydrogens is 294 g/mol. The summed E-state index contributed by atoms with van der Waals surface area (Å²) in [6, 6.07) is 3.50. The van der Waals surface area contributed by atoms with Crippen LogP contribution in [-0.4, -0.2) is 53.7 Å². The van der Waals surface area contributed by atoms with Gasteiger partial charge in [0.2, 0.25) is 5.84 Å². The second-order valence-corrected chi connectivity index (χ2v) is 5.01. The van der Waals surface area contributed by atoms with Crippen LogP contribution in [0.25, 0.3) is 0 Å². The Balaban J connectivity index is 2.98. The Morgan fingerprint density at radius 1 is 1.48 bits per heavy atom. The van der Waals surface area contributed by atoms with Gasteiger partial charge in [-0.3, -0.25) is 15.1 Å². The van der Waals surface area contributed by atoms with Gasteiger partial charge in [-0.1, -0.05) is 17.7 Å². The number of amidine groups is 1. The van der Waals surface area contributed by atoms with Gasteiger partial charge in [-0.2, -0.15) is 0 Å². The first-order chi connectivity index (χ1) is 9.85. The van der Waals surface area contributed by atoms with Crippen molar-refractivity contribution in [1.29, 1.82) is 0 Å². The lowest BCUT2D eigenvalue weighted by atomic mass is 10.2. The van der Waals surface area contributed by atoms with Crippen molar-refractivity contribution < 1.29 is 4.92 Å². The Hall–Kier alpha value is -2.15. The van der Waals surface area contributed by atoms with Gasteiger partial charge >= 0.3 is 5.70 Å². The van der Waals surface area contributed by atoms with Crippen LogP contribution < -0.4 is 0 Å². The Morgan fingerprint density at radius 2 is 2.14 bits per heavy atom. The standard InChI is InChI=1S/C13H18ClN5O2/c1-15-13(11(19(20)21)9-17(2)3)18(4)8-10-5-6-12(14)16-7-10/h5-7,9H,8H2,1-4H3/b11-9-,15-13-. The van der Waals surface area contributed by atoms with Gasteiger partial charge in [0.25, 0.3) is 0 Å². The molecule has 0 radical (unpaired) electrons. The minimum absolute atomic E-state index is 0.0630. The Morgan fingerprint density at radius 3 is 2.57 bits per heavy atom. The van der Waals surface area contributed by atoms with E-state index in [1.54, 1.807) is 43.2 Å². The summed E-state index contributed by atoms with van der Waals surface area (Å²) in [4.78, 5) is 22.1. The van der Waals surface area contributed by atoms with E-state index in [2.05, 4.69) is 9.98 Å². The van der Waals surface area contributed by atoms with Crippen molar-refractivity contribution in [2.24, 2.45) is 4.99 Å². The van der Waals surface area contributed by atoms with Crippen LogP contribution in [0.5, 0.6) is 0 Å². The molecule has 1 aromatic heterocycles. The maximum Gasteiger partial charge on any atom is 0.326 e. The third-order valence-corrected chi connectivity index (χ3v) is 2.81. The maximum absolute atomic E-state index is 11.2. The number of halogens is 1. The summed E-state index contributed by atoms with van der Waals surface area (Å²) >= 11 is 5.73.